The number of ether oxygens (including phenoxy) is 1. The number of carbonyl (C=O) groups excluding carboxylic acids is 2. The summed E-state index contributed by atoms with van der Waals surface area (Å²) in [6.07, 6.45) is 0. The number of amides is 1. The first-order valence-corrected chi connectivity index (χ1v) is 4.99. The fourth-order valence-electron chi connectivity index (χ4n) is 0.667. The molecule has 12 heavy (non-hydrogen) atoms. The number of rotatable bonds is 4. The molecular formula is C7H13NO3Se. The van der Waals surface area contributed by atoms with E-state index in [0.717, 1.165) is 0 Å². The predicted molar refractivity (Wildman–Crippen MR) is 46.2 cm³/mol. The Morgan fingerprint density at radius 2 is 2.17 bits per heavy atom. The molecule has 0 spiro atoms. The van der Waals surface area contributed by atoms with Crippen LogP contribution >= 0.6 is 0 Å². The molecule has 0 aromatic rings. The first-order chi connectivity index (χ1) is 5.61. The van der Waals surface area contributed by atoms with E-state index in [1.165, 1.54) is 6.92 Å². The fourth-order valence-corrected chi connectivity index (χ4v) is 1.17. The molecule has 1 N–H and O–H groups in total. The molecule has 0 unspecified atom stereocenters. The average molecular weight is 238 g/mol. The van der Waals surface area contributed by atoms with E-state index in [4.69, 9.17) is 4.74 Å². The zero-order valence-electron chi connectivity index (χ0n) is 7.16. The summed E-state index contributed by atoms with van der Waals surface area (Å²) in [6.45, 7) is 3.43. The molecule has 0 aliphatic carbocycles. The maximum absolute atomic E-state index is 11.1. The Morgan fingerprint density at radius 3 is 2.50 bits per heavy atom. The third-order valence-electron chi connectivity index (χ3n) is 1.13. The third kappa shape index (κ3) is 4.36. The monoisotopic (exact) mass is 239 g/mol. The Hall–Kier alpha value is -0.541. The van der Waals surface area contributed by atoms with Crippen molar-refractivity contribution in [3.8, 4) is 0 Å². The summed E-state index contributed by atoms with van der Waals surface area (Å²) in [5, 5.41) is 2.98. The molecule has 5 heteroatoms. The van der Waals surface area contributed by atoms with Gasteiger partial charge in [-0.05, 0) is 0 Å². The van der Waals surface area contributed by atoms with E-state index >= 15 is 0 Å². The molecule has 0 bridgehead atoms. The predicted octanol–water partition coefficient (Wildman–Crippen LogP) is -0.627. The van der Waals surface area contributed by atoms with Crippen LogP contribution in [0.2, 0.25) is 5.32 Å². The molecule has 70 valence electrons. The van der Waals surface area contributed by atoms with Gasteiger partial charge in [0, 0.05) is 0 Å². The van der Waals surface area contributed by atoms with Crippen LogP contribution in [0.1, 0.15) is 13.8 Å². The number of carbonyl (C=O) groups is 2. The van der Waals surface area contributed by atoms with E-state index in [1.54, 1.807) is 6.92 Å². The van der Waals surface area contributed by atoms with Crippen molar-refractivity contribution in [2.24, 2.45) is 0 Å². The molecule has 4 nitrogen and oxygen atoms in total. The summed E-state index contributed by atoms with van der Waals surface area (Å²) in [6, 6.07) is -0.526. The Balaban J connectivity index is 3.96. The van der Waals surface area contributed by atoms with Crippen LogP contribution < -0.4 is 5.32 Å². The van der Waals surface area contributed by atoms with Gasteiger partial charge in [-0.3, -0.25) is 0 Å². The van der Waals surface area contributed by atoms with Crippen LogP contribution in [0.15, 0.2) is 0 Å². The van der Waals surface area contributed by atoms with Crippen LogP contribution in [0, 0.1) is 0 Å². The van der Waals surface area contributed by atoms with Gasteiger partial charge in [-0.15, -0.1) is 0 Å². The van der Waals surface area contributed by atoms with Gasteiger partial charge in [0.05, 0.1) is 0 Å². The van der Waals surface area contributed by atoms with Crippen LogP contribution in [-0.2, 0) is 14.3 Å². The van der Waals surface area contributed by atoms with E-state index in [0.29, 0.717) is 11.9 Å². The molecule has 0 aromatic heterocycles. The van der Waals surface area contributed by atoms with Crippen molar-refractivity contribution >= 4 is 27.9 Å². The molecular weight excluding hydrogens is 225 g/mol. The van der Waals surface area contributed by atoms with Gasteiger partial charge in [-0.25, -0.2) is 0 Å². The van der Waals surface area contributed by atoms with E-state index < -0.39 is 6.04 Å². The molecule has 0 heterocycles. The molecule has 0 fully saturated rings. The van der Waals surface area contributed by atoms with Crippen LogP contribution in [0.4, 0.5) is 0 Å². The molecule has 0 aliphatic heterocycles. The molecule has 0 aromatic carbocycles. The Labute approximate surface area is 79.9 Å². The SMILES string of the molecule is CCOC(=O)[C@H](C[SeH])NC(C)=O. The third-order valence-corrected chi connectivity index (χ3v) is 1.90. The molecule has 0 saturated carbocycles. The average Bonchev–Trinajstić information content (AvgIpc) is 2.00. The van der Waals surface area contributed by atoms with Crippen molar-refractivity contribution < 1.29 is 14.3 Å². The topological polar surface area (TPSA) is 55.4 Å². The Kier molecular flexibility index (Phi) is 5.76. The zero-order valence-corrected chi connectivity index (χ0v) is 9.04. The van der Waals surface area contributed by atoms with E-state index in [9.17, 15) is 9.59 Å². The van der Waals surface area contributed by atoms with Crippen molar-refractivity contribution in [1.29, 1.82) is 0 Å². The summed E-state index contributed by atoms with van der Waals surface area (Å²) >= 11 is 2.24. The number of esters is 1. The van der Waals surface area contributed by atoms with E-state index in [1.807, 2.05) is 0 Å². The molecule has 0 radical (unpaired) electrons. The quantitative estimate of drug-likeness (QED) is 0.524. The second-order valence-electron chi connectivity index (χ2n) is 2.19. The van der Waals surface area contributed by atoms with Crippen LogP contribution in [0.5, 0.6) is 0 Å². The van der Waals surface area contributed by atoms with Gasteiger partial charge >= 0.3 is 79.3 Å². The van der Waals surface area contributed by atoms with E-state index in [2.05, 4.69) is 21.3 Å². The van der Waals surface area contributed by atoms with Crippen molar-refractivity contribution in [1.82, 2.24) is 5.32 Å². The number of hydrogen-bond donors (Lipinski definition) is 1. The fraction of sp³-hybridized carbons (Fsp3) is 0.714. The summed E-state index contributed by atoms with van der Waals surface area (Å²) in [7, 11) is 0. The standard InChI is InChI=1S/C7H13NO3Se/c1-3-11-7(10)6(4-12)8-5(2)9/h6,12H,3-4H2,1-2H3,(H,8,9)/t6-/m0/s1. The van der Waals surface area contributed by atoms with Crippen LogP contribution in [0.25, 0.3) is 0 Å². The summed E-state index contributed by atoms with van der Waals surface area (Å²) in [5.74, 6) is -0.604. The van der Waals surface area contributed by atoms with Gasteiger partial charge in [0.1, 0.15) is 0 Å². The van der Waals surface area contributed by atoms with Crippen LogP contribution in [-0.4, -0.2) is 40.5 Å². The molecule has 0 rings (SSSR count). The van der Waals surface area contributed by atoms with E-state index in [-0.39, 0.29) is 11.9 Å². The number of nitrogens with one attached hydrogen (secondary N) is 1. The van der Waals surface area contributed by atoms with Gasteiger partial charge in [0.15, 0.2) is 0 Å². The summed E-state index contributed by atoms with van der Waals surface area (Å²) < 4.78 is 4.73. The second kappa shape index (κ2) is 6.03. The first kappa shape index (κ1) is 11.5. The van der Waals surface area contributed by atoms with Crippen molar-refractivity contribution in [3.63, 3.8) is 0 Å². The number of hydrogen-bond acceptors (Lipinski definition) is 3. The minimum atomic E-state index is -0.526. The van der Waals surface area contributed by atoms with Crippen molar-refractivity contribution in [2.45, 2.75) is 25.2 Å². The molecule has 0 aliphatic rings. The van der Waals surface area contributed by atoms with Crippen molar-refractivity contribution in [3.05, 3.63) is 0 Å². The van der Waals surface area contributed by atoms with Gasteiger partial charge in [0.2, 0.25) is 0 Å². The molecule has 0 saturated heterocycles. The second-order valence-corrected chi connectivity index (χ2v) is 2.95. The van der Waals surface area contributed by atoms with Gasteiger partial charge in [0.25, 0.3) is 0 Å². The first-order valence-electron chi connectivity index (χ1n) is 3.66. The molecule has 1 amide bonds. The Morgan fingerprint density at radius 1 is 1.58 bits per heavy atom. The van der Waals surface area contributed by atoms with Gasteiger partial charge in [-0.1, -0.05) is 0 Å². The molecule has 1 atom stereocenters. The Bertz CT molecular complexity index is 172. The summed E-state index contributed by atoms with van der Waals surface area (Å²) in [4.78, 5) is 21.7. The van der Waals surface area contributed by atoms with Gasteiger partial charge in [-0.2, -0.15) is 0 Å². The summed E-state index contributed by atoms with van der Waals surface area (Å²) in [5.41, 5.74) is 0. The zero-order chi connectivity index (χ0) is 9.56. The van der Waals surface area contributed by atoms with Crippen molar-refractivity contribution in [2.75, 3.05) is 6.61 Å². The van der Waals surface area contributed by atoms with Crippen LogP contribution in [0.3, 0.4) is 0 Å². The normalized spacial score (nSPS) is 11.9. The van der Waals surface area contributed by atoms with Gasteiger partial charge < -0.3 is 0 Å². The maximum atomic E-state index is 11.1. The minimum absolute atomic E-state index is 0.223.